The first kappa shape index (κ1) is 21.9. The van der Waals surface area contributed by atoms with Crippen LogP contribution in [-0.2, 0) is 0 Å². The van der Waals surface area contributed by atoms with Gasteiger partial charge >= 0.3 is 0 Å². The molecule has 0 radical (unpaired) electrons. The largest absolute Gasteiger partial charge is 0.336 e. The van der Waals surface area contributed by atoms with E-state index in [1.807, 2.05) is 66.4 Å². The fraction of sp³-hybridized carbons (Fsp3) is 0.333. The predicted molar refractivity (Wildman–Crippen MR) is 128 cm³/mol. The topological polar surface area (TPSA) is 52.2 Å². The highest BCUT2D eigenvalue weighted by molar-refractivity contribution is 5.95. The number of aromatic nitrogens is 2. The molecule has 0 bridgehead atoms. The number of benzene rings is 2. The van der Waals surface area contributed by atoms with E-state index in [0.29, 0.717) is 11.7 Å². The van der Waals surface area contributed by atoms with Gasteiger partial charge in [0, 0.05) is 41.4 Å². The number of hydrogen-bond acceptors (Lipinski definition) is 3. The molecule has 1 aliphatic rings. The van der Waals surface area contributed by atoms with E-state index in [-0.39, 0.29) is 5.91 Å². The van der Waals surface area contributed by atoms with Crippen molar-refractivity contribution >= 4 is 5.91 Å². The molecule has 1 aromatic heterocycles. The summed E-state index contributed by atoms with van der Waals surface area (Å²) in [6, 6.07) is 18.4. The fourth-order valence-corrected chi connectivity index (χ4v) is 4.42. The first-order valence-electron chi connectivity index (χ1n) is 11.4. The van der Waals surface area contributed by atoms with E-state index >= 15 is 0 Å². The molecule has 5 heteroatoms. The van der Waals surface area contributed by atoms with Crippen molar-refractivity contribution in [2.45, 2.75) is 33.2 Å². The van der Waals surface area contributed by atoms with E-state index in [1.54, 1.807) is 0 Å². The molecular weight excluding hydrogens is 396 g/mol. The normalized spacial score (nSPS) is 15.6. The zero-order valence-electron chi connectivity index (χ0n) is 19.1. The predicted octanol–water partition coefficient (Wildman–Crippen LogP) is 4.34. The summed E-state index contributed by atoms with van der Waals surface area (Å²) in [5.74, 6) is 6.44. The Balaban J connectivity index is 1.52. The number of carbonyl (C=O) groups is 1. The lowest BCUT2D eigenvalue weighted by molar-refractivity contribution is 0.0771. The Hall–Kier alpha value is -3.36. The molecule has 1 aliphatic heterocycles. The van der Waals surface area contributed by atoms with E-state index in [0.717, 1.165) is 60.5 Å². The molecule has 1 unspecified atom stereocenters. The molecule has 0 spiro atoms. The average Bonchev–Trinajstić information content (AvgIpc) is 3.46. The van der Waals surface area contributed by atoms with E-state index < -0.39 is 0 Å². The average molecular weight is 427 g/mol. The lowest BCUT2D eigenvalue weighted by Crippen LogP contribution is -2.38. The number of rotatable bonds is 5. The zero-order chi connectivity index (χ0) is 22.5. The molecule has 1 amide bonds. The van der Waals surface area contributed by atoms with Gasteiger partial charge in [-0.05, 0) is 50.7 Å². The number of likely N-dealkylation sites (tertiary alicyclic amines) is 1. The molecule has 0 aliphatic carbocycles. The van der Waals surface area contributed by atoms with Crippen LogP contribution in [0.4, 0.5) is 0 Å². The van der Waals surface area contributed by atoms with Crippen molar-refractivity contribution in [2.75, 3.05) is 26.2 Å². The summed E-state index contributed by atoms with van der Waals surface area (Å²) < 4.78 is 0. The van der Waals surface area contributed by atoms with Crippen molar-refractivity contribution < 1.29 is 4.79 Å². The lowest BCUT2D eigenvalue weighted by atomic mass is 10.0. The minimum Gasteiger partial charge on any atom is -0.336 e. The first-order valence-corrected chi connectivity index (χ1v) is 11.4. The molecule has 1 atom stereocenters. The molecule has 4 rings (SSSR count). The third-order valence-corrected chi connectivity index (χ3v) is 6.27. The van der Waals surface area contributed by atoms with Gasteiger partial charge in [-0.15, -0.1) is 0 Å². The van der Waals surface area contributed by atoms with Gasteiger partial charge in [0.25, 0.3) is 5.91 Å². The van der Waals surface area contributed by atoms with Crippen LogP contribution in [0.15, 0.2) is 54.6 Å². The Bertz CT molecular complexity index is 1140. The molecule has 5 nitrogen and oxygen atoms in total. The highest BCUT2D eigenvalue weighted by Crippen LogP contribution is 2.26. The summed E-state index contributed by atoms with van der Waals surface area (Å²) in [5.41, 5.74) is 5.16. The summed E-state index contributed by atoms with van der Waals surface area (Å²) in [6.45, 7) is 9.90. The van der Waals surface area contributed by atoms with Crippen molar-refractivity contribution in [2.24, 2.45) is 0 Å². The lowest BCUT2D eigenvalue weighted by Gasteiger charge is -2.26. The number of likely N-dealkylation sites (N-methyl/N-ethyl adjacent to an activating group) is 1. The number of H-pyrrole nitrogens is 1. The van der Waals surface area contributed by atoms with Crippen molar-refractivity contribution in [1.29, 1.82) is 0 Å². The Labute approximate surface area is 190 Å². The zero-order valence-corrected chi connectivity index (χ0v) is 19.1. The Morgan fingerprint density at radius 2 is 1.81 bits per heavy atom. The minimum absolute atomic E-state index is 0.0136. The van der Waals surface area contributed by atoms with Gasteiger partial charge in [0.05, 0.1) is 5.69 Å². The molecule has 2 aromatic carbocycles. The molecule has 1 N–H and O–H groups in total. The summed E-state index contributed by atoms with van der Waals surface area (Å²) >= 11 is 0. The van der Waals surface area contributed by atoms with Crippen LogP contribution in [0.2, 0.25) is 0 Å². The van der Waals surface area contributed by atoms with Crippen molar-refractivity contribution in [3.8, 4) is 23.1 Å². The first-order chi connectivity index (χ1) is 15.6. The Morgan fingerprint density at radius 3 is 2.56 bits per heavy atom. The summed E-state index contributed by atoms with van der Waals surface area (Å²) in [4.78, 5) is 17.6. The van der Waals surface area contributed by atoms with Gasteiger partial charge in [0.1, 0.15) is 0 Å². The third kappa shape index (κ3) is 4.61. The van der Waals surface area contributed by atoms with Gasteiger partial charge in [-0.25, -0.2) is 0 Å². The van der Waals surface area contributed by atoms with E-state index in [9.17, 15) is 4.79 Å². The smallest absolute Gasteiger partial charge is 0.274 e. The van der Waals surface area contributed by atoms with Crippen LogP contribution < -0.4 is 0 Å². The Morgan fingerprint density at radius 1 is 1.09 bits per heavy atom. The second-order valence-electron chi connectivity index (χ2n) is 8.18. The molecule has 164 valence electrons. The van der Waals surface area contributed by atoms with Gasteiger partial charge in [0.2, 0.25) is 0 Å². The van der Waals surface area contributed by atoms with Crippen LogP contribution in [0.5, 0.6) is 0 Å². The van der Waals surface area contributed by atoms with Gasteiger partial charge in [0.15, 0.2) is 5.69 Å². The van der Waals surface area contributed by atoms with Crippen LogP contribution in [0.25, 0.3) is 11.3 Å². The van der Waals surface area contributed by atoms with Gasteiger partial charge in [-0.3, -0.25) is 14.8 Å². The van der Waals surface area contributed by atoms with Crippen LogP contribution in [-0.4, -0.2) is 58.1 Å². The van der Waals surface area contributed by atoms with E-state index in [1.165, 1.54) is 0 Å². The molecule has 32 heavy (non-hydrogen) atoms. The molecule has 3 aromatic rings. The number of carbonyl (C=O) groups excluding carboxylic acids is 1. The monoisotopic (exact) mass is 426 g/mol. The maximum absolute atomic E-state index is 13.2. The number of aromatic amines is 1. The highest BCUT2D eigenvalue weighted by Gasteiger charge is 2.31. The SMILES string of the molecule is CCN(CC)C1CCN(C(=O)c2n[nH]c(-c3cccc(C#Cc4ccccc4)c3)c2C)C1. The Kier molecular flexibility index (Phi) is 6.72. The van der Waals surface area contributed by atoms with Gasteiger partial charge in [-0.2, -0.15) is 5.10 Å². The summed E-state index contributed by atoms with van der Waals surface area (Å²) in [7, 11) is 0. The molecule has 1 fully saturated rings. The maximum Gasteiger partial charge on any atom is 0.274 e. The van der Waals surface area contributed by atoms with Crippen LogP contribution in [0.3, 0.4) is 0 Å². The standard InChI is InChI=1S/C27H30N4O/c1-4-30(5-2)24-16-17-31(19-24)27(32)26-20(3)25(28-29-26)23-13-9-12-22(18-23)15-14-21-10-7-6-8-11-21/h6-13,18,24H,4-5,16-17,19H2,1-3H3,(H,28,29). The minimum atomic E-state index is 0.0136. The van der Waals surface area contributed by atoms with Crippen molar-refractivity contribution in [3.05, 3.63) is 77.0 Å². The second-order valence-corrected chi connectivity index (χ2v) is 8.18. The van der Waals surface area contributed by atoms with Crippen LogP contribution in [0, 0.1) is 18.8 Å². The highest BCUT2D eigenvalue weighted by atomic mass is 16.2. The van der Waals surface area contributed by atoms with Crippen LogP contribution >= 0.6 is 0 Å². The third-order valence-electron chi connectivity index (χ3n) is 6.27. The number of amides is 1. The number of nitrogens with one attached hydrogen (secondary N) is 1. The van der Waals surface area contributed by atoms with Crippen LogP contribution in [0.1, 0.15) is 47.4 Å². The van der Waals surface area contributed by atoms with Gasteiger partial charge in [-0.1, -0.05) is 56.0 Å². The van der Waals surface area contributed by atoms with Crippen molar-refractivity contribution in [1.82, 2.24) is 20.0 Å². The summed E-state index contributed by atoms with van der Waals surface area (Å²) in [5, 5.41) is 7.50. The number of hydrogen-bond donors (Lipinski definition) is 1. The van der Waals surface area contributed by atoms with E-state index in [4.69, 9.17) is 0 Å². The molecule has 1 saturated heterocycles. The second kappa shape index (κ2) is 9.84. The van der Waals surface area contributed by atoms with Crippen molar-refractivity contribution in [3.63, 3.8) is 0 Å². The summed E-state index contributed by atoms with van der Waals surface area (Å²) in [6.07, 6.45) is 1.02. The molecular formula is C27H30N4O. The maximum atomic E-state index is 13.2. The van der Waals surface area contributed by atoms with Gasteiger partial charge < -0.3 is 4.90 Å². The number of nitrogens with zero attached hydrogens (tertiary/aromatic N) is 3. The van der Waals surface area contributed by atoms with E-state index in [2.05, 4.69) is 40.8 Å². The quantitative estimate of drug-likeness (QED) is 0.618. The fourth-order valence-electron chi connectivity index (χ4n) is 4.42. The molecule has 2 heterocycles. The molecule has 0 saturated carbocycles.